The van der Waals surface area contributed by atoms with Crippen LogP contribution in [0.3, 0.4) is 0 Å². The molecule has 0 aliphatic rings. The lowest BCUT2D eigenvalue weighted by atomic mass is 9.97. The van der Waals surface area contributed by atoms with Gasteiger partial charge in [-0.25, -0.2) is 14.0 Å². The van der Waals surface area contributed by atoms with Gasteiger partial charge in [0, 0.05) is 12.2 Å². The van der Waals surface area contributed by atoms with Crippen molar-refractivity contribution in [3.63, 3.8) is 0 Å². The summed E-state index contributed by atoms with van der Waals surface area (Å²) >= 11 is 0. The van der Waals surface area contributed by atoms with Gasteiger partial charge in [-0.2, -0.15) is 0 Å². The van der Waals surface area contributed by atoms with E-state index in [2.05, 4.69) is 10.6 Å². The Morgan fingerprint density at radius 2 is 1.95 bits per heavy atom. The lowest BCUT2D eigenvalue weighted by molar-refractivity contribution is 0.0692. The lowest BCUT2D eigenvalue weighted by Crippen LogP contribution is -2.35. The zero-order chi connectivity index (χ0) is 14.6. The second-order valence-corrected chi connectivity index (χ2v) is 5.37. The van der Waals surface area contributed by atoms with Crippen LogP contribution in [0.5, 0.6) is 0 Å². The first-order valence-electron chi connectivity index (χ1n) is 5.77. The van der Waals surface area contributed by atoms with Crippen molar-refractivity contribution in [3.05, 3.63) is 29.6 Å². The van der Waals surface area contributed by atoms with Crippen molar-refractivity contribution >= 4 is 17.7 Å². The summed E-state index contributed by atoms with van der Waals surface area (Å²) in [5.41, 5.74) is -0.314. The Kier molecular flexibility index (Phi) is 4.47. The summed E-state index contributed by atoms with van der Waals surface area (Å²) in [7, 11) is 0. The molecule has 0 saturated carbocycles. The summed E-state index contributed by atoms with van der Waals surface area (Å²) in [6.07, 6.45) is 0. The highest BCUT2D eigenvalue weighted by Gasteiger charge is 2.14. The summed E-state index contributed by atoms with van der Waals surface area (Å²) in [5.74, 6) is -2.22. The van der Waals surface area contributed by atoms with Gasteiger partial charge in [0.2, 0.25) is 0 Å². The zero-order valence-corrected chi connectivity index (χ0v) is 11.1. The van der Waals surface area contributed by atoms with E-state index in [1.54, 1.807) is 0 Å². The van der Waals surface area contributed by atoms with Gasteiger partial charge in [0.25, 0.3) is 0 Å². The van der Waals surface area contributed by atoms with Gasteiger partial charge in [0.05, 0.1) is 5.56 Å². The Hall–Kier alpha value is -2.11. The van der Waals surface area contributed by atoms with Crippen LogP contribution in [0.25, 0.3) is 0 Å². The molecule has 2 amide bonds. The average molecular weight is 268 g/mol. The van der Waals surface area contributed by atoms with Crippen LogP contribution in [0.15, 0.2) is 18.2 Å². The SMILES string of the molecule is CC(C)(C)CNC(=O)Nc1ccc(F)c(C(=O)O)c1. The minimum absolute atomic E-state index is 0.0631. The number of nitrogens with one attached hydrogen (secondary N) is 2. The third-order valence-electron chi connectivity index (χ3n) is 2.23. The van der Waals surface area contributed by atoms with Crippen molar-refractivity contribution in [3.8, 4) is 0 Å². The Morgan fingerprint density at radius 3 is 2.47 bits per heavy atom. The molecule has 0 aliphatic carbocycles. The van der Waals surface area contributed by atoms with Gasteiger partial charge in [-0.1, -0.05) is 20.8 Å². The average Bonchev–Trinajstić information content (AvgIpc) is 2.28. The number of carbonyl (C=O) groups is 2. The van der Waals surface area contributed by atoms with Gasteiger partial charge < -0.3 is 15.7 Å². The number of aromatic carboxylic acids is 1. The maximum absolute atomic E-state index is 13.2. The van der Waals surface area contributed by atoms with Crippen molar-refractivity contribution in [2.45, 2.75) is 20.8 Å². The van der Waals surface area contributed by atoms with Crippen molar-refractivity contribution in [2.24, 2.45) is 5.41 Å². The van der Waals surface area contributed by atoms with Gasteiger partial charge in [-0.05, 0) is 23.6 Å². The number of rotatable bonds is 3. The first kappa shape index (κ1) is 14.9. The number of anilines is 1. The summed E-state index contributed by atoms with van der Waals surface area (Å²) in [4.78, 5) is 22.3. The number of carboxylic acids is 1. The summed E-state index contributed by atoms with van der Waals surface area (Å²) in [5, 5.41) is 13.9. The zero-order valence-electron chi connectivity index (χ0n) is 11.1. The molecule has 0 radical (unpaired) electrons. The minimum atomic E-state index is -1.38. The summed E-state index contributed by atoms with van der Waals surface area (Å²) < 4.78 is 13.2. The van der Waals surface area contributed by atoms with E-state index in [9.17, 15) is 14.0 Å². The second kappa shape index (κ2) is 5.69. The third kappa shape index (κ3) is 4.95. The van der Waals surface area contributed by atoms with Gasteiger partial charge in [-0.15, -0.1) is 0 Å². The predicted molar refractivity (Wildman–Crippen MR) is 69.8 cm³/mol. The fourth-order valence-corrected chi connectivity index (χ4v) is 1.29. The van der Waals surface area contributed by atoms with Gasteiger partial charge >= 0.3 is 12.0 Å². The molecule has 5 nitrogen and oxygen atoms in total. The molecule has 1 aromatic rings. The normalized spacial score (nSPS) is 10.9. The Morgan fingerprint density at radius 1 is 1.32 bits per heavy atom. The number of carbonyl (C=O) groups excluding carboxylic acids is 1. The lowest BCUT2D eigenvalue weighted by Gasteiger charge is -2.19. The number of halogens is 1. The topological polar surface area (TPSA) is 78.4 Å². The Bertz CT molecular complexity index is 495. The van der Waals surface area contributed by atoms with Gasteiger partial charge in [0.15, 0.2) is 0 Å². The quantitative estimate of drug-likeness (QED) is 0.788. The number of carboxylic acid groups (broad SMARTS) is 1. The number of hydrogen-bond donors (Lipinski definition) is 3. The smallest absolute Gasteiger partial charge is 0.338 e. The fraction of sp³-hybridized carbons (Fsp3) is 0.385. The number of amides is 2. The molecule has 1 rings (SSSR count). The Labute approximate surface area is 110 Å². The molecule has 0 spiro atoms. The van der Waals surface area contributed by atoms with Gasteiger partial charge in [-0.3, -0.25) is 0 Å². The van der Waals surface area contributed by atoms with E-state index in [1.807, 2.05) is 20.8 Å². The van der Waals surface area contributed by atoms with Crippen molar-refractivity contribution < 1.29 is 19.1 Å². The van der Waals surface area contributed by atoms with Crippen molar-refractivity contribution in [2.75, 3.05) is 11.9 Å². The van der Waals surface area contributed by atoms with Crippen LogP contribution in [-0.2, 0) is 0 Å². The molecule has 1 aromatic carbocycles. The maximum atomic E-state index is 13.2. The van der Waals surface area contributed by atoms with Crippen LogP contribution < -0.4 is 10.6 Å². The van der Waals surface area contributed by atoms with Crippen LogP contribution in [0, 0.1) is 11.2 Å². The van der Waals surface area contributed by atoms with E-state index >= 15 is 0 Å². The summed E-state index contributed by atoms with van der Waals surface area (Å²) in [6, 6.07) is 2.92. The summed E-state index contributed by atoms with van der Waals surface area (Å²) in [6.45, 7) is 6.36. The van der Waals surface area contributed by atoms with Crippen LogP contribution in [0.2, 0.25) is 0 Å². The van der Waals surface area contributed by atoms with E-state index in [0.717, 1.165) is 12.1 Å². The molecular formula is C13H17FN2O3. The van der Waals surface area contributed by atoms with Crippen LogP contribution >= 0.6 is 0 Å². The van der Waals surface area contributed by atoms with E-state index in [0.29, 0.717) is 6.54 Å². The monoisotopic (exact) mass is 268 g/mol. The third-order valence-corrected chi connectivity index (χ3v) is 2.23. The number of urea groups is 1. The number of benzene rings is 1. The standard InChI is InChI=1S/C13H17FN2O3/c1-13(2,3)7-15-12(19)16-8-4-5-10(14)9(6-8)11(17)18/h4-6H,7H2,1-3H3,(H,17,18)(H2,15,16,19). The molecule has 104 valence electrons. The highest BCUT2D eigenvalue weighted by molar-refractivity contribution is 5.93. The molecule has 0 bridgehead atoms. The first-order valence-corrected chi connectivity index (χ1v) is 5.77. The second-order valence-electron chi connectivity index (χ2n) is 5.37. The van der Waals surface area contributed by atoms with Crippen molar-refractivity contribution in [1.29, 1.82) is 0 Å². The number of hydrogen-bond acceptors (Lipinski definition) is 2. The van der Waals surface area contributed by atoms with E-state index in [1.165, 1.54) is 6.07 Å². The predicted octanol–water partition coefficient (Wildman–Crippen LogP) is 2.69. The van der Waals surface area contributed by atoms with Crippen LogP contribution in [0.1, 0.15) is 31.1 Å². The Balaban J connectivity index is 2.70. The molecule has 0 fully saturated rings. The molecule has 0 heterocycles. The van der Waals surface area contributed by atoms with E-state index in [4.69, 9.17) is 5.11 Å². The van der Waals surface area contributed by atoms with Crippen LogP contribution in [0.4, 0.5) is 14.9 Å². The van der Waals surface area contributed by atoms with E-state index in [-0.39, 0.29) is 11.1 Å². The molecule has 19 heavy (non-hydrogen) atoms. The molecule has 3 N–H and O–H groups in total. The molecule has 0 atom stereocenters. The van der Waals surface area contributed by atoms with Crippen molar-refractivity contribution in [1.82, 2.24) is 5.32 Å². The highest BCUT2D eigenvalue weighted by atomic mass is 19.1. The molecule has 0 unspecified atom stereocenters. The van der Waals surface area contributed by atoms with Gasteiger partial charge in [0.1, 0.15) is 5.82 Å². The first-order chi connectivity index (χ1) is 8.69. The maximum Gasteiger partial charge on any atom is 0.338 e. The van der Waals surface area contributed by atoms with E-state index < -0.39 is 23.4 Å². The minimum Gasteiger partial charge on any atom is -0.478 e. The molecule has 6 heteroatoms. The largest absolute Gasteiger partial charge is 0.478 e. The van der Waals surface area contributed by atoms with Crippen LogP contribution in [-0.4, -0.2) is 23.7 Å². The fourth-order valence-electron chi connectivity index (χ4n) is 1.29. The molecular weight excluding hydrogens is 251 g/mol. The molecule has 0 saturated heterocycles. The molecule has 0 aromatic heterocycles. The molecule has 0 aliphatic heterocycles. The highest BCUT2D eigenvalue weighted by Crippen LogP contribution is 2.15.